The average Bonchev–Trinajstić information content (AvgIpc) is 3.21. The van der Waals surface area contributed by atoms with Crippen LogP contribution in [0.5, 0.6) is 0 Å². The van der Waals surface area contributed by atoms with E-state index in [9.17, 15) is 4.39 Å². The molecule has 0 amide bonds. The fourth-order valence-electron chi connectivity index (χ4n) is 1.81. The number of aromatic nitrogens is 7. The molecule has 0 unspecified atom stereocenters. The van der Waals surface area contributed by atoms with Gasteiger partial charge >= 0.3 is 0 Å². The molecular formula is C13H10FN9. The fraction of sp³-hybridized carbons (Fsp3) is 0.0769. The van der Waals surface area contributed by atoms with Gasteiger partial charge in [0.05, 0.1) is 23.3 Å². The Hall–Kier alpha value is -3.61. The van der Waals surface area contributed by atoms with Crippen molar-refractivity contribution in [2.75, 3.05) is 5.32 Å². The molecule has 0 fully saturated rings. The van der Waals surface area contributed by atoms with Crippen LogP contribution in [0, 0.1) is 24.1 Å². The first kappa shape index (κ1) is 14.3. The van der Waals surface area contributed by atoms with E-state index >= 15 is 0 Å². The lowest BCUT2D eigenvalue weighted by Gasteiger charge is -2.06. The molecule has 0 bridgehead atoms. The third-order valence-electron chi connectivity index (χ3n) is 2.90. The first-order valence-corrected chi connectivity index (χ1v) is 6.47. The summed E-state index contributed by atoms with van der Waals surface area (Å²) in [6, 6.07) is 6.42. The predicted octanol–water partition coefficient (Wildman–Crippen LogP) is 1.20. The molecule has 2 aromatic heterocycles. The second kappa shape index (κ2) is 6.02. The van der Waals surface area contributed by atoms with E-state index < -0.39 is 5.82 Å². The van der Waals surface area contributed by atoms with Crippen LogP contribution < -0.4 is 5.32 Å². The number of tetrazole rings is 1. The van der Waals surface area contributed by atoms with Crippen molar-refractivity contribution < 1.29 is 4.39 Å². The molecule has 0 radical (unpaired) electrons. The lowest BCUT2D eigenvalue weighted by atomic mass is 10.2. The van der Waals surface area contributed by atoms with Gasteiger partial charge < -0.3 is 5.32 Å². The zero-order valence-corrected chi connectivity index (χ0v) is 11.9. The van der Waals surface area contributed by atoms with Gasteiger partial charge in [0.2, 0.25) is 5.82 Å². The zero-order valence-electron chi connectivity index (χ0n) is 11.9. The Balaban J connectivity index is 1.83. The number of allylic oxidation sites excluding steroid dienone is 1. The number of aryl methyl sites for hydroxylation is 1. The summed E-state index contributed by atoms with van der Waals surface area (Å²) in [5, 5.41) is 32.5. The maximum atomic E-state index is 14.2. The van der Waals surface area contributed by atoms with Crippen LogP contribution >= 0.6 is 0 Å². The summed E-state index contributed by atoms with van der Waals surface area (Å²) in [5.41, 5.74) is 1.58. The Kier molecular flexibility index (Phi) is 3.75. The molecule has 9 nitrogen and oxygen atoms in total. The Bertz CT molecular complexity index is 889. The number of nitrogens with zero attached hydrogens (tertiary/aromatic N) is 7. The van der Waals surface area contributed by atoms with Gasteiger partial charge in [-0.25, -0.2) is 9.07 Å². The largest absolute Gasteiger partial charge is 0.358 e. The second-order valence-corrected chi connectivity index (χ2v) is 4.52. The quantitative estimate of drug-likeness (QED) is 0.694. The van der Waals surface area contributed by atoms with E-state index in [1.165, 1.54) is 23.0 Å². The summed E-state index contributed by atoms with van der Waals surface area (Å²) in [7, 11) is 0. The third-order valence-corrected chi connectivity index (χ3v) is 2.90. The van der Waals surface area contributed by atoms with Crippen LogP contribution in [-0.4, -0.2) is 35.6 Å². The number of aromatic amines is 1. The molecule has 3 aromatic rings. The molecule has 0 aliphatic heterocycles. The minimum atomic E-state index is -0.502. The van der Waals surface area contributed by atoms with Crippen LogP contribution in [0.3, 0.4) is 0 Å². The Morgan fingerprint density at radius 2 is 2.30 bits per heavy atom. The maximum Gasteiger partial charge on any atom is 0.216 e. The summed E-state index contributed by atoms with van der Waals surface area (Å²) < 4.78 is 15.6. The Labute approximate surface area is 129 Å². The number of benzene rings is 1. The smallest absolute Gasteiger partial charge is 0.216 e. The van der Waals surface area contributed by atoms with E-state index in [-0.39, 0.29) is 17.1 Å². The molecule has 114 valence electrons. The number of nitriles is 1. The molecule has 2 heterocycles. The van der Waals surface area contributed by atoms with Crippen molar-refractivity contribution in [2.24, 2.45) is 0 Å². The van der Waals surface area contributed by atoms with Crippen molar-refractivity contribution in [2.45, 2.75) is 6.92 Å². The highest BCUT2D eigenvalue weighted by molar-refractivity contribution is 5.74. The van der Waals surface area contributed by atoms with Crippen LogP contribution in [0.25, 0.3) is 11.3 Å². The van der Waals surface area contributed by atoms with Gasteiger partial charge in [-0.2, -0.15) is 10.5 Å². The first-order chi connectivity index (χ1) is 11.2. The highest BCUT2D eigenvalue weighted by atomic mass is 19.1. The van der Waals surface area contributed by atoms with Crippen molar-refractivity contribution in [3.8, 4) is 11.8 Å². The van der Waals surface area contributed by atoms with E-state index in [1.807, 2.05) is 6.07 Å². The number of nitrogens with one attached hydrogen (secondary N) is 2. The average molecular weight is 311 g/mol. The highest BCUT2D eigenvalue weighted by Gasteiger charge is 2.08. The molecule has 2 N–H and O–H groups in total. The zero-order chi connectivity index (χ0) is 16.2. The topological polar surface area (TPSA) is 121 Å². The lowest BCUT2D eigenvalue weighted by molar-refractivity contribution is 0.628. The summed E-state index contributed by atoms with van der Waals surface area (Å²) in [6.07, 6.45) is 2.99. The van der Waals surface area contributed by atoms with E-state index in [0.29, 0.717) is 5.69 Å². The molecule has 3 rings (SSSR count). The molecule has 10 heteroatoms. The van der Waals surface area contributed by atoms with Gasteiger partial charge in [0.15, 0.2) is 0 Å². The van der Waals surface area contributed by atoms with Gasteiger partial charge in [0.25, 0.3) is 0 Å². The number of rotatable bonds is 4. The Morgan fingerprint density at radius 1 is 1.43 bits per heavy atom. The molecule has 0 aliphatic rings. The fourth-order valence-corrected chi connectivity index (χ4v) is 1.81. The molecule has 0 atom stereocenters. The number of hydrogen-bond acceptors (Lipinski definition) is 7. The van der Waals surface area contributed by atoms with Gasteiger partial charge in [-0.15, -0.1) is 15.3 Å². The van der Waals surface area contributed by atoms with Gasteiger partial charge in [0, 0.05) is 12.3 Å². The van der Waals surface area contributed by atoms with Crippen molar-refractivity contribution in [1.82, 2.24) is 35.6 Å². The minimum Gasteiger partial charge on any atom is -0.358 e. The molecule has 23 heavy (non-hydrogen) atoms. The van der Waals surface area contributed by atoms with Crippen molar-refractivity contribution in [3.63, 3.8) is 0 Å². The number of anilines is 1. The van der Waals surface area contributed by atoms with Crippen LogP contribution in [0.4, 0.5) is 10.1 Å². The van der Waals surface area contributed by atoms with Crippen molar-refractivity contribution >= 4 is 11.3 Å². The van der Waals surface area contributed by atoms with Gasteiger partial charge in [0.1, 0.15) is 17.5 Å². The van der Waals surface area contributed by atoms with E-state index in [4.69, 9.17) is 5.26 Å². The molecular weight excluding hydrogens is 301 g/mol. The van der Waals surface area contributed by atoms with Gasteiger partial charge in [-0.1, -0.05) is 5.21 Å². The van der Waals surface area contributed by atoms with E-state index in [1.54, 1.807) is 19.2 Å². The Morgan fingerprint density at radius 3 is 2.91 bits per heavy atom. The number of H-pyrrole nitrogens is 1. The predicted molar refractivity (Wildman–Crippen MR) is 77.4 cm³/mol. The molecule has 0 saturated heterocycles. The van der Waals surface area contributed by atoms with E-state index in [0.717, 1.165) is 5.69 Å². The van der Waals surface area contributed by atoms with Crippen LogP contribution in [0.15, 0.2) is 30.6 Å². The van der Waals surface area contributed by atoms with Crippen molar-refractivity contribution in [1.29, 1.82) is 5.26 Å². The lowest BCUT2D eigenvalue weighted by Crippen LogP contribution is -1.99. The monoisotopic (exact) mass is 311 g/mol. The summed E-state index contributed by atoms with van der Waals surface area (Å²) in [4.78, 5) is 0. The minimum absolute atomic E-state index is 0.120. The second-order valence-electron chi connectivity index (χ2n) is 4.52. The van der Waals surface area contributed by atoms with Gasteiger partial charge in [-0.3, -0.25) is 0 Å². The molecule has 0 aliphatic carbocycles. The highest BCUT2D eigenvalue weighted by Crippen LogP contribution is 2.19. The molecule has 0 spiro atoms. The number of hydrogen-bond donors (Lipinski definition) is 2. The maximum absolute atomic E-state index is 14.2. The summed E-state index contributed by atoms with van der Waals surface area (Å²) in [6.45, 7) is 1.79. The summed E-state index contributed by atoms with van der Waals surface area (Å²) in [5.74, 6) is -0.382. The first-order valence-electron chi connectivity index (χ1n) is 6.47. The summed E-state index contributed by atoms with van der Waals surface area (Å²) >= 11 is 0. The van der Waals surface area contributed by atoms with E-state index in [2.05, 4.69) is 36.3 Å². The van der Waals surface area contributed by atoms with Crippen LogP contribution in [0.2, 0.25) is 0 Å². The third kappa shape index (κ3) is 3.03. The molecule has 0 saturated carbocycles. The van der Waals surface area contributed by atoms with Crippen LogP contribution in [0.1, 0.15) is 11.5 Å². The number of halogens is 1. The molecule has 1 aromatic carbocycles. The normalized spacial score (nSPS) is 11.3. The SMILES string of the molecule is Cc1cn(-c2ccc(NC=C(C#N)c3nn[nH]n3)c(F)c2)nn1. The van der Waals surface area contributed by atoms with Crippen molar-refractivity contribution in [3.05, 3.63) is 47.9 Å². The van der Waals surface area contributed by atoms with Crippen LogP contribution in [-0.2, 0) is 0 Å². The van der Waals surface area contributed by atoms with Gasteiger partial charge in [-0.05, 0) is 24.3 Å². The standard InChI is InChI=1S/C13H10FN9/c1-8-7-23(22-17-8)10-2-3-12(11(14)4-10)16-6-9(5-15)13-18-20-21-19-13/h2-4,6-7,16H,1H3,(H,18,19,20,21).